The number of halogens is 1. The van der Waals surface area contributed by atoms with Gasteiger partial charge in [-0.3, -0.25) is 4.79 Å². The highest BCUT2D eigenvalue weighted by atomic mass is 35.5. The number of carbonyl (C=O) groups excluding carboxylic acids is 1. The van der Waals surface area contributed by atoms with Crippen LogP contribution in [0.15, 0.2) is 36.0 Å². The number of hydrogen-bond acceptors (Lipinski definition) is 3. The highest BCUT2D eigenvalue weighted by Gasteiger charge is 2.12. The number of nitriles is 1. The maximum atomic E-state index is 11.9. The van der Waals surface area contributed by atoms with Gasteiger partial charge in [0.1, 0.15) is 11.6 Å². The van der Waals surface area contributed by atoms with Crippen LogP contribution in [0.2, 0.25) is 5.02 Å². The van der Waals surface area contributed by atoms with E-state index in [9.17, 15) is 4.79 Å². The molecule has 0 bridgehead atoms. The maximum Gasteiger partial charge on any atom is 0.205 e. The molecule has 16 heavy (non-hydrogen) atoms. The van der Waals surface area contributed by atoms with Gasteiger partial charge < -0.3 is 4.90 Å². The third-order valence-electron chi connectivity index (χ3n) is 1.84. The summed E-state index contributed by atoms with van der Waals surface area (Å²) >= 11 is 5.78. The molecule has 3 nitrogen and oxygen atoms in total. The molecule has 1 aromatic carbocycles. The number of ketones is 1. The van der Waals surface area contributed by atoms with Crippen molar-refractivity contribution in [3.63, 3.8) is 0 Å². The zero-order chi connectivity index (χ0) is 12.1. The van der Waals surface area contributed by atoms with E-state index in [2.05, 4.69) is 0 Å². The molecule has 0 aliphatic carbocycles. The lowest BCUT2D eigenvalue weighted by molar-refractivity contribution is 0.103. The Morgan fingerprint density at radius 3 is 2.69 bits per heavy atom. The molecule has 0 aromatic heterocycles. The van der Waals surface area contributed by atoms with E-state index >= 15 is 0 Å². The van der Waals surface area contributed by atoms with Gasteiger partial charge in [-0.2, -0.15) is 5.26 Å². The maximum absolute atomic E-state index is 11.9. The van der Waals surface area contributed by atoms with E-state index in [1.165, 1.54) is 6.20 Å². The van der Waals surface area contributed by atoms with Crippen LogP contribution in [0.4, 0.5) is 0 Å². The van der Waals surface area contributed by atoms with Gasteiger partial charge in [-0.05, 0) is 12.1 Å². The molecule has 0 radical (unpaired) electrons. The normalized spacial score (nSPS) is 10.8. The zero-order valence-electron chi connectivity index (χ0n) is 9.07. The Morgan fingerprint density at radius 2 is 2.19 bits per heavy atom. The molecule has 1 rings (SSSR count). The van der Waals surface area contributed by atoms with Crippen molar-refractivity contribution in [1.82, 2.24) is 4.90 Å². The lowest BCUT2D eigenvalue weighted by Gasteiger charge is -2.06. The second kappa shape index (κ2) is 5.34. The van der Waals surface area contributed by atoms with Crippen molar-refractivity contribution in [1.29, 1.82) is 5.26 Å². The zero-order valence-corrected chi connectivity index (χ0v) is 9.82. The summed E-state index contributed by atoms with van der Waals surface area (Å²) in [5, 5.41) is 9.36. The fourth-order valence-electron chi connectivity index (χ4n) is 1.18. The van der Waals surface area contributed by atoms with E-state index in [-0.39, 0.29) is 11.4 Å². The second-order valence-corrected chi connectivity index (χ2v) is 3.89. The first-order valence-electron chi connectivity index (χ1n) is 4.63. The standard InChI is InChI=1S/C12H11ClN2O/c1-15(2)8-10(7-14)12(16)9-4-3-5-11(13)6-9/h3-6,8H,1-2H3/b10-8-. The van der Waals surface area contributed by atoms with E-state index in [1.54, 1.807) is 43.3 Å². The molecule has 0 unspecified atom stereocenters. The Kier molecular flexibility index (Phi) is 4.10. The summed E-state index contributed by atoms with van der Waals surface area (Å²) in [6.45, 7) is 0. The van der Waals surface area contributed by atoms with E-state index in [0.717, 1.165) is 0 Å². The van der Waals surface area contributed by atoms with Gasteiger partial charge >= 0.3 is 0 Å². The molecular weight excluding hydrogens is 224 g/mol. The molecule has 0 fully saturated rings. The van der Waals surface area contributed by atoms with E-state index in [0.29, 0.717) is 10.6 Å². The Balaban J connectivity index is 3.07. The molecule has 0 atom stereocenters. The minimum atomic E-state index is -0.321. The van der Waals surface area contributed by atoms with Gasteiger partial charge in [0.2, 0.25) is 5.78 Å². The minimum Gasteiger partial charge on any atom is -0.382 e. The highest BCUT2D eigenvalue weighted by Crippen LogP contribution is 2.14. The average molecular weight is 235 g/mol. The van der Waals surface area contributed by atoms with Crippen molar-refractivity contribution in [2.75, 3.05) is 14.1 Å². The molecule has 4 heteroatoms. The Labute approximate surface area is 99.5 Å². The van der Waals surface area contributed by atoms with Crippen LogP contribution >= 0.6 is 11.6 Å². The van der Waals surface area contributed by atoms with Crippen LogP contribution in [0.5, 0.6) is 0 Å². The number of Topliss-reactive ketones (excluding diaryl/α,β-unsaturated/α-hetero) is 1. The highest BCUT2D eigenvalue weighted by molar-refractivity contribution is 6.31. The molecule has 0 heterocycles. The van der Waals surface area contributed by atoms with Crippen LogP contribution in [0.3, 0.4) is 0 Å². The molecule has 82 valence electrons. The molecule has 0 spiro atoms. The third kappa shape index (κ3) is 3.11. The molecule has 0 aliphatic heterocycles. The molecular formula is C12H11ClN2O. The summed E-state index contributed by atoms with van der Waals surface area (Å²) in [6, 6.07) is 8.42. The molecule has 0 aliphatic rings. The molecule has 1 aromatic rings. The van der Waals surface area contributed by atoms with Crippen LogP contribution < -0.4 is 0 Å². The van der Waals surface area contributed by atoms with E-state index in [1.807, 2.05) is 6.07 Å². The van der Waals surface area contributed by atoms with Crippen molar-refractivity contribution in [3.8, 4) is 6.07 Å². The largest absolute Gasteiger partial charge is 0.382 e. The summed E-state index contributed by atoms with van der Waals surface area (Å²) < 4.78 is 0. The summed E-state index contributed by atoms with van der Waals surface area (Å²) in [5.41, 5.74) is 0.509. The van der Waals surface area contributed by atoms with Gasteiger partial charge in [0.15, 0.2) is 0 Å². The predicted octanol–water partition coefficient (Wildman–Crippen LogP) is 2.49. The van der Waals surface area contributed by atoms with Gasteiger partial charge in [-0.15, -0.1) is 0 Å². The van der Waals surface area contributed by atoms with E-state index < -0.39 is 0 Å². The first-order chi connectivity index (χ1) is 7.54. The Hall–Kier alpha value is -1.79. The smallest absolute Gasteiger partial charge is 0.205 e. The van der Waals surface area contributed by atoms with Gasteiger partial charge in [0.25, 0.3) is 0 Å². The van der Waals surface area contributed by atoms with Crippen LogP contribution in [0.25, 0.3) is 0 Å². The van der Waals surface area contributed by atoms with E-state index in [4.69, 9.17) is 16.9 Å². The summed E-state index contributed by atoms with van der Waals surface area (Å²) in [7, 11) is 3.51. The van der Waals surface area contributed by atoms with Gasteiger partial charge in [0, 0.05) is 30.9 Å². The van der Waals surface area contributed by atoms with Crippen molar-refractivity contribution in [3.05, 3.63) is 46.6 Å². The third-order valence-corrected chi connectivity index (χ3v) is 2.07. The lowest BCUT2D eigenvalue weighted by atomic mass is 10.1. The van der Waals surface area contributed by atoms with Crippen molar-refractivity contribution < 1.29 is 4.79 Å². The lowest BCUT2D eigenvalue weighted by Crippen LogP contribution is -2.08. The number of rotatable bonds is 3. The van der Waals surface area contributed by atoms with Crippen molar-refractivity contribution in [2.45, 2.75) is 0 Å². The van der Waals surface area contributed by atoms with Gasteiger partial charge in [0.05, 0.1) is 0 Å². The molecule has 0 N–H and O–H groups in total. The second-order valence-electron chi connectivity index (χ2n) is 3.46. The predicted molar refractivity (Wildman–Crippen MR) is 63.2 cm³/mol. The topological polar surface area (TPSA) is 44.1 Å². The first-order valence-corrected chi connectivity index (χ1v) is 5.01. The van der Waals surface area contributed by atoms with Crippen LogP contribution in [0.1, 0.15) is 10.4 Å². The monoisotopic (exact) mass is 234 g/mol. The summed E-state index contributed by atoms with van der Waals surface area (Å²) in [4.78, 5) is 13.5. The quantitative estimate of drug-likeness (QED) is 0.459. The minimum absolute atomic E-state index is 0.0901. The SMILES string of the molecule is CN(C)/C=C(/C#N)C(=O)c1cccc(Cl)c1. The Morgan fingerprint density at radius 1 is 1.50 bits per heavy atom. The number of nitrogens with zero attached hydrogens (tertiary/aromatic N) is 2. The van der Waals surface area contributed by atoms with Gasteiger partial charge in [-0.1, -0.05) is 23.7 Å². The van der Waals surface area contributed by atoms with Crippen LogP contribution in [-0.2, 0) is 0 Å². The Bertz CT molecular complexity index is 472. The van der Waals surface area contributed by atoms with Crippen LogP contribution in [-0.4, -0.2) is 24.8 Å². The number of benzene rings is 1. The van der Waals surface area contributed by atoms with Crippen molar-refractivity contribution in [2.24, 2.45) is 0 Å². The fraction of sp³-hybridized carbons (Fsp3) is 0.167. The number of carbonyl (C=O) groups is 1. The number of allylic oxidation sites excluding steroid dienone is 1. The first kappa shape index (κ1) is 12.3. The summed E-state index contributed by atoms with van der Waals surface area (Å²) in [5.74, 6) is -0.321. The average Bonchev–Trinajstić information content (AvgIpc) is 2.24. The molecule has 0 saturated heterocycles. The number of hydrogen-bond donors (Lipinski definition) is 0. The van der Waals surface area contributed by atoms with Gasteiger partial charge in [-0.25, -0.2) is 0 Å². The molecule has 0 amide bonds. The van der Waals surface area contributed by atoms with Crippen LogP contribution in [0, 0.1) is 11.3 Å². The molecule has 0 saturated carbocycles. The summed E-state index contributed by atoms with van der Waals surface area (Å²) in [6.07, 6.45) is 1.49. The fourth-order valence-corrected chi connectivity index (χ4v) is 1.37. The van der Waals surface area contributed by atoms with Crippen molar-refractivity contribution >= 4 is 17.4 Å².